The van der Waals surface area contributed by atoms with E-state index in [9.17, 15) is 19.5 Å². The molecule has 0 spiro atoms. The molecule has 2 aromatic rings. The van der Waals surface area contributed by atoms with Gasteiger partial charge in [-0.25, -0.2) is 0 Å². The predicted octanol–water partition coefficient (Wildman–Crippen LogP) is 1.39. The molecule has 35 heavy (non-hydrogen) atoms. The summed E-state index contributed by atoms with van der Waals surface area (Å²) in [6.45, 7) is 3.59. The molecule has 2 amide bonds. The van der Waals surface area contributed by atoms with Crippen molar-refractivity contribution < 1.29 is 24.2 Å². The van der Waals surface area contributed by atoms with Gasteiger partial charge in [-0.15, -0.1) is 0 Å². The molecule has 0 radical (unpaired) electrons. The Morgan fingerprint density at radius 3 is 2.54 bits per heavy atom. The van der Waals surface area contributed by atoms with Crippen LogP contribution in [-0.4, -0.2) is 64.4 Å². The number of β-amino-alcohol motifs (C(OH)–C–C–N with tert-alkyl or cyclic N) is 1. The Bertz CT molecular complexity index is 1030. The molecule has 9 nitrogen and oxygen atoms in total. The van der Waals surface area contributed by atoms with Gasteiger partial charge < -0.3 is 25.8 Å². The number of likely N-dealkylation sites (tertiary alicyclic amines) is 1. The number of Topliss-reactive ketones (excluding diaryl/α,β-unsaturated/α-hetero) is 1. The average molecular weight is 483 g/mol. The molecule has 1 aromatic heterocycles. The van der Waals surface area contributed by atoms with Crippen LogP contribution in [0.15, 0.2) is 48.8 Å². The van der Waals surface area contributed by atoms with E-state index in [0.717, 1.165) is 5.56 Å². The molecule has 1 saturated heterocycles. The number of pyridine rings is 1. The number of ether oxygens (including phenoxy) is 1. The van der Waals surface area contributed by atoms with Gasteiger partial charge in [-0.05, 0) is 30.2 Å². The SMILES string of the molecule is COc1ccccc1C(N)CC(=O)N1CC(O)C[C@H]1C(=O)N[C@@H](Cc1ccncc1)C(=O)C(C)C. The van der Waals surface area contributed by atoms with Crippen LogP contribution in [0.25, 0.3) is 0 Å². The molecule has 2 unspecified atom stereocenters. The second kappa shape index (κ2) is 11.9. The summed E-state index contributed by atoms with van der Waals surface area (Å²) in [5.41, 5.74) is 7.84. The summed E-state index contributed by atoms with van der Waals surface area (Å²) >= 11 is 0. The van der Waals surface area contributed by atoms with Crippen molar-refractivity contribution in [3.8, 4) is 5.75 Å². The molecule has 1 aliphatic rings. The highest BCUT2D eigenvalue weighted by Crippen LogP contribution is 2.27. The summed E-state index contributed by atoms with van der Waals surface area (Å²) in [4.78, 5) is 44.6. The summed E-state index contributed by atoms with van der Waals surface area (Å²) in [6.07, 6.45) is 2.78. The van der Waals surface area contributed by atoms with E-state index in [-0.39, 0.29) is 37.0 Å². The summed E-state index contributed by atoms with van der Waals surface area (Å²) in [5, 5.41) is 13.1. The van der Waals surface area contributed by atoms with Gasteiger partial charge in [0.25, 0.3) is 0 Å². The lowest BCUT2D eigenvalue weighted by molar-refractivity contribution is -0.139. The van der Waals surface area contributed by atoms with Gasteiger partial charge in [0.2, 0.25) is 11.8 Å². The number of ketones is 1. The minimum Gasteiger partial charge on any atom is -0.496 e. The number of aliphatic hydroxyl groups excluding tert-OH is 1. The zero-order valence-corrected chi connectivity index (χ0v) is 20.4. The Morgan fingerprint density at radius 2 is 1.89 bits per heavy atom. The molecule has 4 atom stereocenters. The third-order valence-electron chi connectivity index (χ3n) is 6.25. The zero-order chi connectivity index (χ0) is 25.5. The number of para-hydroxylation sites is 1. The van der Waals surface area contributed by atoms with Crippen LogP contribution in [-0.2, 0) is 20.8 Å². The van der Waals surface area contributed by atoms with Gasteiger partial charge >= 0.3 is 0 Å². The number of nitrogens with two attached hydrogens (primary N) is 1. The normalized spacial score (nSPS) is 19.3. The minimum atomic E-state index is -0.887. The molecular formula is C26H34N4O5. The second-order valence-electron chi connectivity index (χ2n) is 9.18. The van der Waals surface area contributed by atoms with E-state index in [0.29, 0.717) is 17.7 Å². The summed E-state index contributed by atoms with van der Waals surface area (Å²) in [7, 11) is 1.53. The van der Waals surface area contributed by atoms with E-state index in [1.165, 1.54) is 12.0 Å². The van der Waals surface area contributed by atoms with Crippen LogP contribution in [0.1, 0.15) is 43.9 Å². The van der Waals surface area contributed by atoms with Gasteiger partial charge in [-0.3, -0.25) is 19.4 Å². The highest BCUT2D eigenvalue weighted by molar-refractivity contribution is 5.94. The number of amides is 2. The van der Waals surface area contributed by atoms with Crippen molar-refractivity contribution >= 4 is 17.6 Å². The Balaban J connectivity index is 1.73. The maximum absolute atomic E-state index is 13.3. The first-order chi connectivity index (χ1) is 16.7. The van der Waals surface area contributed by atoms with Gasteiger partial charge in [0.1, 0.15) is 11.8 Å². The van der Waals surface area contributed by atoms with Gasteiger partial charge in [0, 0.05) is 49.3 Å². The fourth-order valence-electron chi connectivity index (χ4n) is 4.37. The molecule has 3 rings (SSSR count). The maximum atomic E-state index is 13.3. The van der Waals surface area contributed by atoms with Crippen LogP contribution in [0.3, 0.4) is 0 Å². The van der Waals surface area contributed by atoms with E-state index in [1.807, 2.05) is 12.1 Å². The summed E-state index contributed by atoms with van der Waals surface area (Å²) in [5.74, 6) is -0.623. The van der Waals surface area contributed by atoms with E-state index in [2.05, 4.69) is 10.3 Å². The topological polar surface area (TPSA) is 135 Å². The van der Waals surface area contributed by atoms with Crippen molar-refractivity contribution in [2.24, 2.45) is 11.7 Å². The van der Waals surface area contributed by atoms with Crippen molar-refractivity contribution in [2.45, 2.75) is 57.3 Å². The number of aromatic nitrogens is 1. The van der Waals surface area contributed by atoms with Gasteiger partial charge in [-0.2, -0.15) is 0 Å². The molecule has 2 heterocycles. The minimum absolute atomic E-state index is 0.0305. The van der Waals surface area contributed by atoms with E-state index in [4.69, 9.17) is 10.5 Å². The van der Waals surface area contributed by atoms with Gasteiger partial charge in [0.05, 0.1) is 19.3 Å². The number of methoxy groups -OCH3 is 1. The number of aliphatic hydroxyl groups is 1. The Kier molecular flexibility index (Phi) is 8.95. The monoisotopic (exact) mass is 482 g/mol. The molecule has 9 heteroatoms. The van der Waals surface area contributed by atoms with Gasteiger partial charge in [0.15, 0.2) is 5.78 Å². The maximum Gasteiger partial charge on any atom is 0.243 e. The van der Waals surface area contributed by atoms with E-state index >= 15 is 0 Å². The predicted molar refractivity (Wildman–Crippen MR) is 130 cm³/mol. The third-order valence-corrected chi connectivity index (χ3v) is 6.25. The first-order valence-electron chi connectivity index (χ1n) is 11.8. The lowest BCUT2D eigenvalue weighted by atomic mass is 9.95. The quantitative estimate of drug-likeness (QED) is 0.466. The number of carbonyl (C=O) groups is 3. The van der Waals surface area contributed by atoms with E-state index in [1.54, 1.807) is 50.5 Å². The number of nitrogens with zero attached hydrogens (tertiary/aromatic N) is 2. The molecule has 1 aromatic carbocycles. The van der Waals surface area contributed by atoms with Crippen LogP contribution in [0.5, 0.6) is 5.75 Å². The van der Waals surface area contributed by atoms with E-state index < -0.39 is 30.1 Å². The molecular weight excluding hydrogens is 448 g/mol. The van der Waals surface area contributed by atoms with Crippen molar-refractivity contribution in [1.82, 2.24) is 15.2 Å². The molecule has 0 bridgehead atoms. The third kappa shape index (κ3) is 6.64. The molecule has 4 N–H and O–H groups in total. The van der Waals surface area contributed by atoms with Crippen LogP contribution in [0.4, 0.5) is 0 Å². The fourth-order valence-corrected chi connectivity index (χ4v) is 4.37. The van der Waals surface area contributed by atoms with Crippen LogP contribution in [0.2, 0.25) is 0 Å². The van der Waals surface area contributed by atoms with Crippen molar-refractivity contribution in [3.05, 3.63) is 59.9 Å². The average Bonchev–Trinajstić information content (AvgIpc) is 3.25. The summed E-state index contributed by atoms with van der Waals surface area (Å²) in [6, 6.07) is 8.49. The Hall–Kier alpha value is -3.30. The number of rotatable bonds is 10. The Labute approximate surface area is 205 Å². The second-order valence-corrected chi connectivity index (χ2v) is 9.18. The number of carbonyl (C=O) groups excluding carboxylic acids is 3. The van der Waals surface area contributed by atoms with Crippen molar-refractivity contribution in [1.29, 1.82) is 0 Å². The van der Waals surface area contributed by atoms with Crippen LogP contribution < -0.4 is 15.8 Å². The molecule has 0 saturated carbocycles. The zero-order valence-electron chi connectivity index (χ0n) is 20.4. The molecule has 1 fully saturated rings. The van der Waals surface area contributed by atoms with Crippen molar-refractivity contribution in [3.63, 3.8) is 0 Å². The number of benzene rings is 1. The lowest BCUT2D eigenvalue weighted by Crippen LogP contribution is -2.52. The highest BCUT2D eigenvalue weighted by atomic mass is 16.5. The molecule has 0 aliphatic carbocycles. The van der Waals surface area contributed by atoms with Crippen LogP contribution in [0, 0.1) is 5.92 Å². The van der Waals surface area contributed by atoms with Crippen LogP contribution >= 0.6 is 0 Å². The first kappa shape index (κ1) is 26.3. The molecule has 1 aliphatic heterocycles. The standard InChI is InChI=1S/C26H34N4O5/c1-16(2)25(33)21(12-17-8-10-28-11-9-17)29-26(34)22-13-18(31)15-30(22)24(32)14-20(27)19-6-4-5-7-23(19)35-3/h4-11,16,18,20-22,31H,12-15,27H2,1-3H3,(H,29,34)/t18?,20?,21-,22-/m0/s1. The number of hydrogen-bond donors (Lipinski definition) is 3. The summed E-state index contributed by atoms with van der Waals surface area (Å²) < 4.78 is 5.34. The number of nitrogens with one attached hydrogen (secondary N) is 1. The Morgan fingerprint density at radius 1 is 1.20 bits per heavy atom. The lowest BCUT2D eigenvalue weighted by Gasteiger charge is -2.27. The number of hydrogen-bond acceptors (Lipinski definition) is 7. The van der Waals surface area contributed by atoms with Gasteiger partial charge in [-0.1, -0.05) is 32.0 Å². The van der Waals surface area contributed by atoms with Crippen molar-refractivity contribution in [2.75, 3.05) is 13.7 Å². The first-order valence-corrected chi connectivity index (χ1v) is 11.8. The smallest absolute Gasteiger partial charge is 0.243 e. The largest absolute Gasteiger partial charge is 0.496 e. The molecule has 188 valence electrons. The highest BCUT2D eigenvalue weighted by Gasteiger charge is 2.40. The fraction of sp³-hybridized carbons (Fsp3) is 0.462.